The number of pyridine rings is 1. The predicted molar refractivity (Wildman–Crippen MR) is 73.7 cm³/mol. The largest absolute Gasteiger partial charge is 0.289 e. The van der Waals surface area contributed by atoms with E-state index in [1.54, 1.807) is 18.7 Å². The molecule has 3 aromatic heterocycles. The Morgan fingerprint density at radius 3 is 2.68 bits per heavy atom. The van der Waals surface area contributed by atoms with Gasteiger partial charge in [-0.2, -0.15) is 0 Å². The molecule has 4 nitrogen and oxygen atoms in total. The van der Waals surface area contributed by atoms with Crippen LogP contribution < -0.4 is 0 Å². The standard InChI is InChI=1S/C15H10N4/c1-2-4-13-12(3-1)15-18-14(9-19(15)10-17-13)11-5-7-16-8-6-11/h1-10H. The molecule has 0 fully saturated rings. The van der Waals surface area contributed by atoms with E-state index in [4.69, 9.17) is 4.98 Å². The summed E-state index contributed by atoms with van der Waals surface area (Å²) in [6.07, 6.45) is 7.34. The first kappa shape index (κ1) is 10.2. The van der Waals surface area contributed by atoms with Gasteiger partial charge in [-0.3, -0.25) is 9.38 Å². The molecule has 0 radical (unpaired) electrons. The molecule has 4 aromatic rings. The molecule has 0 N–H and O–H groups in total. The molecule has 1 aromatic carbocycles. The quantitative estimate of drug-likeness (QED) is 0.518. The first-order valence-electron chi connectivity index (χ1n) is 6.05. The first-order chi connectivity index (χ1) is 9.42. The molecule has 0 amide bonds. The summed E-state index contributed by atoms with van der Waals surface area (Å²) in [6, 6.07) is 11.9. The van der Waals surface area contributed by atoms with Crippen LogP contribution in [0.2, 0.25) is 0 Å². The van der Waals surface area contributed by atoms with E-state index in [1.165, 1.54) is 0 Å². The van der Waals surface area contributed by atoms with Crippen molar-refractivity contribution < 1.29 is 0 Å². The highest BCUT2D eigenvalue weighted by Gasteiger charge is 2.07. The van der Waals surface area contributed by atoms with E-state index in [1.807, 2.05) is 47.0 Å². The van der Waals surface area contributed by atoms with E-state index in [0.717, 1.165) is 27.8 Å². The summed E-state index contributed by atoms with van der Waals surface area (Å²) < 4.78 is 1.96. The molecule has 4 heteroatoms. The SMILES string of the molecule is c1ccc2c(c1)ncn1cc(-c3ccncc3)nc21. The highest BCUT2D eigenvalue weighted by molar-refractivity contribution is 5.91. The maximum atomic E-state index is 4.71. The van der Waals surface area contributed by atoms with Crippen LogP contribution in [0.25, 0.3) is 27.8 Å². The summed E-state index contributed by atoms with van der Waals surface area (Å²) in [5.41, 5.74) is 3.88. The average molecular weight is 246 g/mol. The van der Waals surface area contributed by atoms with Crippen LogP contribution in [0.4, 0.5) is 0 Å². The van der Waals surface area contributed by atoms with Crippen LogP contribution in [0.5, 0.6) is 0 Å². The fourth-order valence-electron chi connectivity index (χ4n) is 2.24. The van der Waals surface area contributed by atoms with Crippen LogP contribution in [-0.4, -0.2) is 19.4 Å². The van der Waals surface area contributed by atoms with Crippen molar-refractivity contribution in [2.75, 3.05) is 0 Å². The topological polar surface area (TPSA) is 43.1 Å². The fraction of sp³-hybridized carbons (Fsp3) is 0. The molecule has 0 aliphatic heterocycles. The summed E-state index contributed by atoms with van der Waals surface area (Å²) in [4.78, 5) is 13.2. The van der Waals surface area contributed by atoms with Gasteiger partial charge in [0.25, 0.3) is 0 Å². The van der Waals surface area contributed by atoms with E-state index >= 15 is 0 Å². The second-order valence-corrected chi connectivity index (χ2v) is 4.35. The molecule has 0 aliphatic rings. The summed E-state index contributed by atoms with van der Waals surface area (Å²) >= 11 is 0. The van der Waals surface area contributed by atoms with Crippen molar-refractivity contribution in [3.05, 3.63) is 61.3 Å². The molecule has 0 saturated carbocycles. The van der Waals surface area contributed by atoms with Crippen molar-refractivity contribution in [1.29, 1.82) is 0 Å². The molecular formula is C15H10N4. The fourth-order valence-corrected chi connectivity index (χ4v) is 2.24. The minimum Gasteiger partial charge on any atom is -0.289 e. The Morgan fingerprint density at radius 2 is 1.79 bits per heavy atom. The summed E-state index contributed by atoms with van der Waals surface area (Å²) in [5.74, 6) is 0. The van der Waals surface area contributed by atoms with Crippen LogP contribution >= 0.6 is 0 Å². The summed E-state index contributed by atoms with van der Waals surface area (Å²) in [7, 11) is 0. The number of aromatic nitrogens is 4. The summed E-state index contributed by atoms with van der Waals surface area (Å²) in [5, 5.41) is 1.06. The minimum absolute atomic E-state index is 0.928. The van der Waals surface area contributed by atoms with E-state index in [9.17, 15) is 0 Å². The van der Waals surface area contributed by atoms with Gasteiger partial charge in [0.1, 0.15) is 12.0 Å². The van der Waals surface area contributed by atoms with Crippen LogP contribution in [-0.2, 0) is 0 Å². The molecule has 90 valence electrons. The van der Waals surface area contributed by atoms with Crippen molar-refractivity contribution in [3.8, 4) is 11.3 Å². The van der Waals surface area contributed by atoms with Gasteiger partial charge in [0.2, 0.25) is 0 Å². The molecule has 0 atom stereocenters. The van der Waals surface area contributed by atoms with Gasteiger partial charge in [0.05, 0.1) is 11.2 Å². The summed E-state index contributed by atoms with van der Waals surface area (Å²) in [6.45, 7) is 0. The van der Waals surface area contributed by atoms with Gasteiger partial charge < -0.3 is 0 Å². The zero-order chi connectivity index (χ0) is 12.7. The van der Waals surface area contributed by atoms with Gasteiger partial charge >= 0.3 is 0 Å². The van der Waals surface area contributed by atoms with Gasteiger partial charge in [-0.25, -0.2) is 9.97 Å². The van der Waals surface area contributed by atoms with Gasteiger partial charge in [-0.15, -0.1) is 0 Å². The van der Waals surface area contributed by atoms with Gasteiger partial charge in [-0.1, -0.05) is 12.1 Å². The van der Waals surface area contributed by atoms with Crippen molar-refractivity contribution in [2.45, 2.75) is 0 Å². The smallest absolute Gasteiger partial charge is 0.148 e. The van der Waals surface area contributed by atoms with Crippen LogP contribution in [0.1, 0.15) is 0 Å². The van der Waals surface area contributed by atoms with E-state index in [2.05, 4.69) is 9.97 Å². The number of hydrogen-bond donors (Lipinski definition) is 0. The lowest BCUT2D eigenvalue weighted by Gasteiger charge is -1.97. The second kappa shape index (κ2) is 3.88. The van der Waals surface area contributed by atoms with Gasteiger partial charge in [0.15, 0.2) is 0 Å². The monoisotopic (exact) mass is 246 g/mol. The third-order valence-electron chi connectivity index (χ3n) is 3.17. The maximum absolute atomic E-state index is 4.71. The number of fused-ring (bicyclic) bond motifs is 3. The number of nitrogens with zero attached hydrogens (tertiary/aromatic N) is 4. The minimum atomic E-state index is 0.928. The second-order valence-electron chi connectivity index (χ2n) is 4.35. The molecule has 4 rings (SSSR count). The number of para-hydroxylation sites is 1. The Kier molecular flexibility index (Phi) is 2.08. The lowest BCUT2D eigenvalue weighted by molar-refractivity contribution is 1.12. The lowest BCUT2D eigenvalue weighted by atomic mass is 10.2. The van der Waals surface area contributed by atoms with Crippen LogP contribution in [0.3, 0.4) is 0 Å². The number of imidazole rings is 1. The average Bonchev–Trinajstić information content (AvgIpc) is 2.93. The number of benzene rings is 1. The van der Waals surface area contributed by atoms with Crippen molar-refractivity contribution in [1.82, 2.24) is 19.4 Å². The zero-order valence-electron chi connectivity index (χ0n) is 10.1. The normalized spacial score (nSPS) is 11.2. The third-order valence-corrected chi connectivity index (χ3v) is 3.17. The van der Waals surface area contributed by atoms with Crippen molar-refractivity contribution >= 4 is 16.6 Å². The maximum Gasteiger partial charge on any atom is 0.148 e. The molecule has 0 bridgehead atoms. The van der Waals surface area contributed by atoms with Crippen LogP contribution in [0, 0.1) is 0 Å². The Labute approximate surface area is 109 Å². The van der Waals surface area contributed by atoms with Crippen molar-refractivity contribution in [2.24, 2.45) is 0 Å². The van der Waals surface area contributed by atoms with Crippen LogP contribution in [0.15, 0.2) is 61.3 Å². The Balaban J connectivity index is 2.04. The highest BCUT2D eigenvalue weighted by Crippen LogP contribution is 2.22. The van der Waals surface area contributed by atoms with E-state index in [-0.39, 0.29) is 0 Å². The molecule has 0 spiro atoms. The number of rotatable bonds is 1. The predicted octanol–water partition coefficient (Wildman–Crippen LogP) is 2.94. The van der Waals surface area contributed by atoms with E-state index in [0.29, 0.717) is 0 Å². The Hall–Kier alpha value is -2.75. The van der Waals surface area contributed by atoms with Gasteiger partial charge in [-0.05, 0) is 24.3 Å². The highest BCUT2D eigenvalue weighted by atomic mass is 15.0. The van der Waals surface area contributed by atoms with Crippen molar-refractivity contribution in [3.63, 3.8) is 0 Å². The Bertz CT molecular complexity index is 865. The molecular weight excluding hydrogens is 236 g/mol. The molecule has 3 heterocycles. The zero-order valence-corrected chi connectivity index (χ0v) is 10.1. The van der Waals surface area contributed by atoms with E-state index < -0.39 is 0 Å². The first-order valence-corrected chi connectivity index (χ1v) is 6.05. The Morgan fingerprint density at radius 1 is 0.947 bits per heavy atom. The molecule has 0 unspecified atom stereocenters. The molecule has 0 aliphatic carbocycles. The van der Waals surface area contributed by atoms with Gasteiger partial charge in [0, 0.05) is 29.5 Å². The third kappa shape index (κ3) is 1.57. The number of hydrogen-bond acceptors (Lipinski definition) is 3. The molecule has 19 heavy (non-hydrogen) atoms. The lowest BCUT2D eigenvalue weighted by Crippen LogP contribution is -1.87. The molecule has 0 saturated heterocycles.